The molecule has 4 heteroatoms. The lowest BCUT2D eigenvalue weighted by atomic mass is 11.0. The van der Waals surface area contributed by atoms with Gasteiger partial charge in [0.05, 0.1) is 0 Å². The van der Waals surface area contributed by atoms with Crippen LogP contribution in [0.4, 0.5) is 0 Å². The lowest BCUT2D eigenvalue weighted by Crippen LogP contribution is -1.70. The highest BCUT2D eigenvalue weighted by atomic mass is 15.4. The van der Waals surface area contributed by atoms with Gasteiger partial charge >= 0.3 is 0 Å². The van der Waals surface area contributed by atoms with Crippen LogP contribution < -0.4 is 5.84 Å². The van der Waals surface area contributed by atoms with Crippen LogP contribution in [-0.4, -0.2) is 6.72 Å². The Morgan fingerprint density at radius 2 is 1.86 bits per heavy atom. The summed E-state index contributed by atoms with van der Waals surface area (Å²) in [6.07, 6.45) is 0. The highest BCUT2D eigenvalue weighted by Crippen LogP contribution is 1.58. The van der Waals surface area contributed by atoms with Gasteiger partial charge < -0.3 is 5.84 Å². The number of nitrogens with zero attached hydrogens (tertiary/aromatic N) is 3. The molecule has 0 aliphatic carbocycles. The summed E-state index contributed by atoms with van der Waals surface area (Å²) in [4.78, 5) is 0. The van der Waals surface area contributed by atoms with Crippen molar-refractivity contribution in [2.75, 3.05) is 0 Å². The molecule has 0 aromatic carbocycles. The minimum atomic E-state index is 2.00. The molecule has 0 rings (SSSR count). The quantitative estimate of drug-likeness (QED) is 0.228. The Bertz CT molecular complexity index is 48.9. The van der Waals surface area contributed by atoms with Gasteiger partial charge in [-0.05, 0) is 5.22 Å². The predicted octanol–water partition coefficient (Wildman–Crippen LogP) is 0.954. The summed E-state index contributed by atoms with van der Waals surface area (Å²) >= 11 is 0. The van der Waals surface area contributed by atoms with Crippen molar-refractivity contribution in [2.45, 2.75) is 13.8 Å². The number of hydrogen-bond acceptors (Lipinski definition) is 2. The van der Waals surface area contributed by atoms with E-state index in [0.717, 1.165) is 0 Å². The normalized spacial score (nSPS) is 7.14. The van der Waals surface area contributed by atoms with Crippen LogP contribution in [0.1, 0.15) is 13.8 Å². The molecule has 0 fully saturated rings. The van der Waals surface area contributed by atoms with Gasteiger partial charge in [0, 0.05) is 6.72 Å². The van der Waals surface area contributed by atoms with Crippen molar-refractivity contribution in [2.24, 2.45) is 21.4 Å². The smallest absolute Gasteiger partial charge is 0.0151 e. The summed E-state index contributed by atoms with van der Waals surface area (Å²) in [5, 5.41) is 8.58. The van der Waals surface area contributed by atoms with Crippen LogP contribution in [0, 0.1) is 0 Å². The fraction of sp³-hybridized carbons (Fsp3) is 0.667. The molecule has 0 radical (unpaired) electrons. The maximum atomic E-state index is 4.46. The second-order valence-electron chi connectivity index (χ2n) is 0.346. The van der Waals surface area contributed by atoms with Crippen LogP contribution in [0.15, 0.2) is 15.5 Å². The van der Waals surface area contributed by atoms with Gasteiger partial charge in [-0.1, -0.05) is 19.1 Å². The van der Waals surface area contributed by atoms with E-state index in [0.29, 0.717) is 0 Å². The first kappa shape index (κ1) is 9.42. The van der Waals surface area contributed by atoms with E-state index in [9.17, 15) is 0 Å². The minimum absolute atomic E-state index is 2.00. The zero-order valence-corrected chi connectivity index (χ0v) is 4.63. The molecule has 0 aromatic heterocycles. The predicted molar refractivity (Wildman–Crippen MR) is 29.9 cm³/mol. The number of rotatable bonds is 1. The molecule has 7 heavy (non-hydrogen) atoms. The van der Waals surface area contributed by atoms with Crippen LogP contribution in [0.25, 0.3) is 0 Å². The summed E-state index contributed by atoms with van der Waals surface area (Å²) in [5.41, 5.74) is 0. The summed E-state index contributed by atoms with van der Waals surface area (Å²) in [5.74, 6) is 4.46. The molecule has 0 amide bonds. The molecule has 0 saturated carbocycles. The van der Waals surface area contributed by atoms with Crippen LogP contribution in [-0.2, 0) is 0 Å². The van der Waals surface area contributed by atoms with Gasteiger partial charge in [-0.15, -0.1) is 5.10 Å². The zero-order chi connectivity index (χ0) is 6.12. The molecule has 2 N–H and O–H groups in total. The molecular weight excluding hydrogens is 92.1 g/mol. The summed E-state index contributed by atoms with van der Waals surface area (Å²) in [7, 11) is 0. The third-order valence-corrected chi connectivity index (χ3v) is 0.115. The average Bonchev–Trinajstić information content (AvgIpc) is 1.75. The van der Waals surface area contributed by atoms with Crippen LogP contribution >= 0.6 is 0 Å². The average molecular weight is 102 g/mol. The first-order valence-electron chi connectivity index (χ1n) is 1.97. The maximum Gasteiger partial charge on any atom is 0.0151 e. The van der Waals surface area contributed by atoms with Gasteiger partial charge in [0.1, 0.15) is 0 Å². The third-order valence-electron chi connectivity index (χ3n) is 0.115. The summed E-state index contributed by atoms with van der Waals surface area (Å²) < 4.78 is 0. The Hall–Kier alpha value is -0.930. The van der Waals surface area contributed by atoms with Crippen molar-refractivity contribution < 1.29 is 0 Å². The number of nitrogens with two attached hydrogens (primary N) is 1. The van der Waals surface area contributed by atoms with Crippen molar-refractivity contribution in [3.63, 3.8) is 0 Å². The van der Waals surface area contributed by atoms with E-state index in [1.54, 1.807) is 0 Å². The lowest BCUT2D eigenvalue weighted by Gasteiger charge is -1.58. The van der Waals surface area contributed by atoms with Gasteiger partial charge in [-0.2, -0.15) is 0 Å². The van der Waals surface area contributed by atoms with Crippen molar-refractivity contribution in [3.05, 3.63) is 0 Å². The molecule has 0 aliphatic rings. The Morgan fingerprint density at radius 1 is 1.43 bits per heavy atom. The molecule has 0 bridgehead atoms. The highest BCUT2D eigenvalue weighted by molar-refractivity contribution is 5.22. The van der Waals surface area contributed by atoms with E-state index in [1.165, 1.54) is 0 Å². The highest BCUT2D eigenvalue weighted by Gasteiger charge is 1.40. The van der Waals surface area contributed by atoms with Gasteiger partial charge in [0.25, 0.3) is 0 Å². The van der Waals surface area contributed by atoms with Crippen molar-refractivity contribution in [1.29, 1.82) is 0 Å². The first-order chi connectivity index (χ1) is 3.41. The molecule has 0 heterocycles. The zero-order valence-electron chi connectivity index (χ0n) is 4.63. The molecule has 0 spiro atoms. The largest absolute Gasteiger partial charge is 0.303 e. The monoisotopic (exact) mass is 102 g/mol. The Labute approximate surface area is 43.1 Å². The van der Waals surface area contributed by atoms with E-state index < -0.39 is 0 Å². The van der Waals surface area contributed by atoms with E-state index in [4.69, 9.17) is 0 Å². The topological polar surface area (TPSA) is 63.1 Å². The summed E-state index contributed by atoms with van der Waals surface area (Å²) in [6.45, 7) is 6.96. The van der Waals surface area contributed by atoms with E-state index >= 15 is 0 Å². The molecule has 0 atom stereocenters. The molecular formula is C3H10N4. The SMILES string of the molecule is C=N/N=N\N.CC. The Morgan fingerprint density at radius 3 is 1.86 bits per heavy atom. The first-order valence-corrected chi connectivity index (χ1v) is 1.97. The third kappa shape index (κ3) is 41.7. The molecule has 0 unspecified atom stereocenters. The van der Waals surface area contributed by atoms with Gasteiger partial charge in [-0.3, -0.25) is 0 Å². The molecule has 0 saturated heterocycles. The van der Waals surface area contributed by atoms with E-state index in [2.05, 4.69) is 28.1 Å². The van der Waals surface area contributed by atoms with Crippen molar-refractivity contribution in [1.82, 2.24) is 0 Å². The van der Waals surface area contributed by atoms with Gasteiger partial charge in [0.15, 0.2) is 0 Å². The van der Waals surface area contributed by atoms with E-state index in [1.807, 2.05) is 13.8 Å². The van der Waals surface area contributed by atoms with Gasteiger partial charge in [-0.25, -0.2) is 0 Å². The van der Waals surface area contributed by atoms with Crippen LogP contribution in [0.5, 0.6) is 0 Å². The van der Waals surface area contributed by atoms with Crippen LogP contribution in [0.2, 0.25) is 0 Å². The van der Waals surface area contributed by atoms with Crippen molar-refractivity contribution >= 4 is 6.72 Å². The fourth-order valence-electron chi connectivity index (χ4n) is 0.0365. The molecule has 42 valence electrons. The molecule has 0 aromatic rings. The van der Waals surface area contributed by atoms with Crippen LogP contribution in [0.3, 0.4) is 0 Å². The van der Waals surface area contributed by atoms with E-state index in [-0.39, 0.29) is 0 Å². The second kappa shape index (κ2) is 19.6. The Kier molecular flexibility index (Phi) is 26.4. The van der Waals surface area contributed by atoms with Gasteiger partial charge in [0.2, 0.25) is 0 Å². The van der Waals surface area contributed by atoms with Crippen molar-refractivity contribution in [3.8, 4) is 0 Å². The molecule has 4 nitrogen and oxygen atoms in total. The lowest BCUT2D eigenvalue weighted by molar-refractivity contribution is 0.964. The second-order valence-corrected chi connectivity index (χ2v) is 0.346. The fourth-order valence-corrected chi connectivity index (χ4v) is 0.0365. The maximum absolute atomic E-state index is 4.46. The molecule has 0 aliphatic heterocycles. The summed E-state index contributed by atoms with van der Waals surface area (Å²) in [6, 6.07) is 0. The number of hydrogen-bond donors (Lipinski definition) is 1. The minimum Gasteiger partial charge on any atom is -0.303 e. The Balaban J connectivity index is 0. The standard InChI is InChI=1S/C2H6.CH4N4/c1-2;1-3-5-4-2/h1-2H3;1H2,(H2,2,5).